The lowest BCUT2D eigenvalue weighted by Gasteiger charge is -2.16. The van der Waals surface area contributed by atoms with Gasteiger partial charge in [0.05, 0.1) is 11.6 Å². The molecule has 1 atom stereocenters. The second-order valence-corrected chi connectivity index (χ2v) is 4.91. The van der Waals surface area contributed by atoms with Crippen molar-refractivity contribution in [3.05, 3.63) is 60.9 Å². The first-order chi connectivity index (χ1) is 10.3. The van der Waals surface area contributed by atoms with Gasteiger partial charge in [-0.15, -0.1) is 0 Å². The zero-order valence-electron chi connectivity index (χ0n) is 11.9. The van der Waals surface area contributed by atoms with Crippen LogP contribution in [-0.4, -0.2) is 22.6 Å². The van der Waals surface area contributed by atoms with Gasteiger partial charge in [0.15, 0.2) is 0 Å². The number of para-hydroxylation sites is 2. The van der Waals surface area contributed by atoms with Gasteiger partial charge in [-0.25, -0.2) is 9.97 Å². The maximum Gasteiger partial charge on any atom is 0.137 e. The molecule has 2 aromatic carbocycles. The number of benzene rings is 2. The Hall–Kier alpha value is -2.62. The first kappa shape index (κ1) is 13.4. The number of fused-ring (bicyclic) bond motifs is 1. The summed E-state index contributed by atoms with van der Waals surface area (Å²) in [5.74, 6) is 1.71. The highest BCUT2D eigenvalue weighted by molar-refractivity contribution is 5.88. The fourth-order valence-corrected chi connectivity index (χ4v) is 2.13. The van der Waals surface area contributed by atoms with E-state index in [1.54, 1.807) is 6.33 Å². The van der Waals surface area contributed by atoms with E-state index in [1.165, 1.54) is 0 Å². The molecular formula is C17H17N3O. The van der Waals surface area contributed by atoms with Crippen LogP contribution in [0.4, 0.5) is 5.82 Å². The molecule has 3 rings (SSSR count). The molecule has 0 aliphatic heterocycles. The summed E-state index contributed by atoms with van der Waals surface area (Å²) in [4.78, 5) is 8.58. The fraction of sp³-hybridized carbons (Fsp3) is 0.176. The first-order valence-corrected chi connectivity index (χ1v) is 6.97. The largest absolute Gasteiger partial charge is 0.491 e. The van der Waals surface area contributed by atoms with Crippen LogP contribution in [-0.2, 0) is 0 Å². The van der Waals surface area contributed by atoms with Crippen molar-refractivity contribution in [1.29, 1.82) is 0 Å². The Bertz CT molecular complexity index is 710. The third-order valence-electron chi connectivity index (χ3n) is 3.17. The number of hydrogen-bond donors (Lipinski definition) is 1. The molecule has 1 heterocycles. The summed E-state index contributed by atoms with van der Waals surface area (Å²) in [6.07, 6.45) is 1.58. The second-order valence-electron chi connectivity index (χ2n) is 4.91. The molecule has 0 aliphatic rings. The van der Waals surface area contributed by atoms with Crippen LogP contribution in [0.5, 0.6) is 5.75 Å². The summed E-state index contributed by atoms with van der Waals surface area (Å²) in [7, 11) is 0. The third kappa shape index (κ3) is 3.28. The van der Waals surface area contributed by atoms with Gasteiger partial charge in [-0.05, 0) is 31.2 Å². The maximum absolute atomic E-state index is 5.75. The van der Waals surface area contributed by atoms with Crippen molar-refractivity contribution >= 4 is 16.7 Å². The van der Waals surface area contributed by atoms with Crippen molar-refractivity contribution in [3.63, 3.8) is 0 Å². The molecular weight excluding hydrogens is 262 g/mol. The summed E-state index contributed by atoms with van der Waals surface area (Å²) in [6.45, 7) is 2.64. The Balaban J connectivity index is 1.67. The highest BCUT2D eigenvalue weighted by Gasteiger charge is 2.07. The van der Waals surface area contributed by atoms with E-state index in [4.69, 9.17) is 4.74 Å². The van der Waals surface area contributed by atoms with Gasteiger partial charge in [-0.1, -0.05) is 30.3 Å². The molecule has 0 saturated carbocycles. The van der Waals surface area contributed by atoms with Gasteiger partial charge in [0.1, 0.15) is 24.5 Å². The number of rotatable bonds is 5. The van der Waals surface area contributed by atoms with Gasteiger partial charge < -0.3 is 10.1 Å². The van der Waals surface area contributed by atoms with Crippen molar-refractivity contribution in [2.45, 2.75) is 13.0 Å². The molecule has 21 heavy (non-hydrogen) atoms. The molecule has 0 fully saturated rings. The molecule has 0 aliphatic carbocycles. The van der Waals surface area contributed by atoms with E-state index in [-0.39, 0.29) is 6.04 Å². The molecule has 106 valence electrons. The average molecular weight is 279 g/mol. The predicted octanol–water partition coefficient (Wildman–Crippen LogP) is 3.51. The minimum atomic E-state index is 0.142. The molecule has 1 aromatic heterocycles. The van der Waals surface area contributed by atoms with Crippen molar-refractivity contribution in [1.82, 2.24) is 9.97 Å². The Morgan fingerprint density at radius 1 is 1.00 bits per heavy atom. The van der Waals surface area contributed by atoms with Crippen LogP contribution in [0.2, 0.25) is 0 Å². The van der Waals surface area contributed by atoms with Gasteiger partial charge in [0, 0.05) is 5.39 Å². The summed E-state index contributed by atoms with van der Waals surface area (Å²) >= 11 is 0. The third-order valence-corrected chi connectivity index (χ3v) is 3.17. The lowest BCUT2D eigenvalue weighted by Crippen LogP contribution is -2.24. The van der Waals surface area contributed by atoms with Crippen molar-refractivity contribution in [3.8, 4) is 5.75 Å². The van der Waals surface area contributed by atoms with E-state index in [1.807, 2.05) is 54.6 Å². The Kier molecular flexibility index (Phi) is 3.96. The van der Waals surface area contributed by atoms with E-state index >= 15 is 0 Å². The first-order valence-electron chi connectivity index (χ1n) is 6.97. The molecule has 0 amide bonds. The van der Waals surface area contributed by atoms with Crippen LogP contribution >= 0.6 is 0 Å². The van der Waals surface area contributed by atoms with E-state index in [0.29, 0.717) is 6.61 Å². The van der Waals surface area contributed by atoms with Crippen LogP contribution in [0, 0.1) is 0 Å². The number of ether oxygens (including phenoxy) is 1. The molecule has 0 spiro atoms. The molecule has 3 aromatic rings. The summed E-state index contributed by atoms with van der Waals surface area (Å²) < 4.78 is 5.75. The highest BCUT2D eigenvalue weighted by Crippen LogP contribution is 2.19. The van der Waals surface area contributed by atoms with Gasteiger partial charge >= 0.3 is 0 Å². The van der Waals surface area contributed by atoms with Crippen LogP contribution in [0.25, 0.3) is 10.9 Å². The topological polar surface area (TPSA) is 47.0 Å². The zero-order chi connectivity index (χ0) is 14.5. The van der Waals surface area contributed by atoms with Crippen LogP contribution in [0.3, 0.4) is 0 Å². The standard InChI is InChI=1S/C17H17N3O/c1-13(11-21-14-7-3-2-4-8-14)20-17-15-9-5-6-10-16(15)18-12-19-17/h2-10,12-13H,11H2,1H3,(H,18,19,20). The minimum absolute atomic E-state index is 0.142. The number of hydrogen-bond acceptors (Lipinski definition) is 4. The van der Waals surface area contributed by atoms with Gasteiger partial charge in [-0.3, -0.25) is 0 Å². The highest BCUT2D eigenvalue weighted by atomic mass is 16.5. The van der Waals surface area contributed by atoms with E-state index in [0.717, 1.165) is 22.5 Å². The van der Waals surface area contributed by atoms with E-state index in [9.17, 15) is 0 Å². The van der Waals surface area contributed by atoms with Crippen LogP contribution < -0.4 is 10.1 Å². The minimum Gasteiger partial charge on any atom is -0.491 e. The smallest absolute Gasteiger partial charge is 0.137 e. The number of nitrogens with one attached hydrogen (secondary N) is 1. The lowest BCUT2D eigenvalue weighted by molar-refractivity contribution is 0.304. The van der Waals surface area contributed by atoms with Crippen molar-refractivity contribution in [2.24, 2.45) is 0 Å². The number of nitrogens with zero attached hydrogens (tertiary/aromatic N) is 2. The van der Waals surface area contributed by atoms with Crippen molar-refractivity contribution in [2.75, 3.05) is 11.9 Å². The summed E-state index contributed by atoms with van der Waals surface area (Å²) in [5.41, 5.74) is 0.936. The van der Waals surface area contributed by atoms with E-state index in [2.05, 4.69) is 22.2 Å². The average Bonchev–Trinajstić information content (AvgIpc) is 2.54. The van der Waals surface area contributed by atoms with Crippen molar-refractivity contribution < 1.29 is 4.74 Å². The molecule has 4 heteroatoms. The predicted molar refractivity (Wildman–Crippen MR) is 84.6 cm³/mol. The monoisotopic (exact) mass is 279 g/mol. The summed E-state index contributed by atoms with van der Waals surface area (Å²) in [6, 6.07) is 17.9. The lowest BCUT2D eigenvalue weighted by atomic mass is 10.2. The van der Waals surface area contributed by atoms with Gasteiger partial charge in [0.2, 0.25) is 0 Å². The Morgan fingerprint density at radius 2 is 1.76 bits per heavy atom. The second kappa shape index (κ2) is 6.22. The van der Waals surface area contributed by atoms with E-state index < -0.39 is 0 Å². The van der Waals surface area contributed by atoms with Crippen LogP contribution in [0.1, 0.15) is 6.92 Å². The normalized spacial score (nSPS) is 12.0. The molecule has 0 saturated heterocycles. The Labute approximate surface area is 123 Å². The summed E-state index contributed by atoms with van der Waals surface area (Å²) in [5, 5.41) is 4.40. The SMILES string of the molecule is CC(COc1ccccc1)Nc1ncnc2ccccc12. The Morgan fingerprint density at radius 3 is 2.62 bits per heavy atom. The zero-order valence-corrected chi connectivity index (χ0v) is 11.9. The van der Waals surface area contributed by atoms with Gasteiger partial charge in [0.25, 0.3) is 0 Å². The maximum atomic E-state index is 5.75. The fourth-order valence-electron chi connectivity index (χ4n) is 2.13. The molecule has 4 nitrogen and oxygen atoms in total. The molecule has 1 N–H and O–H groups in total. The number of aromatic nitrogens is 2. The van der Waals surface area contributed by atoms with Gasteiger partial charge in [-0.2, -0.15) is 0 Å². The quantitative estimate of drug-likeness (QED) is 0.776. The number of anilines is 1. The molecule has 0 radical (unpaired) electrons. The molecule has 1 unspecified atom stereocenters. The molecule has 0 bridgehead atoms. The van der Waals surface area contributed by atoms with Crippen LogP contribution in [0.15, 0.2) is 60.9 Å².